The van der Waals surface area contributed by atoms with E-state index in [1.165, 1.54) is 6.92 Å². The number of nitriles is 1. The van der Waals surface area contributed by atoms with Gasteiger partial charge in [-0.3, -0.25) is 4.79 Å². The molecule has 0 saturated carbocycles. The first-order valence-corrected chi connectivity index (χ1v) is 6.76. The van der Waals surface area contributed by atoms with Crippen LogP contribution in [0.1, 0.15) is 18.1 Å². The predicted octanol–water partition coefficient (Wildman–Crippen LogP) is 3.78. The van der Waals surface area contributed by atoms with Crippen molar-refractivity contribution in [3.8, 4) is 6.07 Å². The van der Waals surface area contributed by atoms with Crippen molar-refractivity contribution in [1.29, 1.82) is 5.26 Å². The number of hydrogen-bond donors (Lipinski definition) is 2. The van der Waals surface area contributed by atoms with Crippen molar-refractivity contribution in [2.45, 2.75) is 13.5 Å². The van der Waals surface area contributed by atoms with E-state index < -0.39 is 0 Å². The van der Waals surface area contributed by atoms with E-state index >= 15 is 0 Å². The topological polar surface area (TPSA) is 64.9 Å². The van der Waals surface area contributed by atoms with Gasteiger partial charge in [0.05, 0.1) is 11.3 Å². The summed E-state index contributed by atoms with van der Waals surface area (Å²) < 4.78 is 0. The molecule has 0 aliphatic carbocycles. The maximum Gasteiger partial charge on any atom is 0.221 e. The molecular weight excluding hydrogens is 286 g/mol. The molecule has 0 unspecified atom stereocenters. The molecule has 1 amide bonds. The third-order valence-corrected chi connectivity index (χ3v) is 3.09. The van der Waals surface area contributed by atoms with E-state index in [1.807, 2.05) is 24.3 Å². The summed E-state index contributed by atoms with van der Waals surface area (Å²) in [6, 6.07) is 14.7. The van der Waals surface area contributed by atoms with Crippen molar-refractivity contribution in [3.63, 3.8) is 0 Å². The number of rotatable bonds is 4. The van der Waals surface area contributed by atoms with E-state index in [1.54, 1.807) is 18.2 Å². The van der Waals surface area contributed by atoms with Crippen LogP contribution in [0.5, 0.6) is 0 Å². The lowest BCUT2D eigenvalue weighted by Gasteiger charge is -2.09. The van der Waals surface area contributed by atoms with Gasteiger partial charge in [0.2, 0.25) is 5.91 Å². The molecule has 2 rings (SSSR count). The minimum absolute atomic E-state index is 0.0986. The molecule has 0 aromatic heterocycles. The number of halogens is 1. The van der Waals surface area contributed by atoms with Crippen LogP contribution in [0.15, 0.2) is 42.5 Å². The highest BCUT2D eigenvalue weighted by atomic mass is 35.5. The molecule has 2 N–H and O–H groups in total. The number of benzene rings is 2. The summed E-state index contributed by atoms with van der Waals surface area (Å²) in [5.74, 6) is -0.0986. The van der Waals surface area contributed by atoms with Crippen LogP contribution in [0.2, 0.25) is 5.02 Å². The summed E-state index contributed by atoms with van der Waals surface area (Å²) in [6.45, 7) is 2.04. The first-order valence-electron chi connectivity index (χ1n) is 6.38. The number of hydrogen-bond acceptors (Lipinski definition) is 3. The highest BCUT2D eigenvalue weighted by Gasteiger charge is 2.03. The molecule has 0 radical (unpaired) electrons. The third-order valence-electron chi connectivity index (χ3n) is 2.86. The summed E-state index contributed by atoms with van der Waals surface area (Å²) >= 11 is 5.94. The van der Waals surface area contributed by atoms with E-state index in [0.29, 0.717) is 22.8 Å². The Balaban J connectivity index is 2.05. The Labute approximate surface area is 128 Å². The molecule has 0 atom stereocenters. The molecule has 106 valence electrons. The van der Waals surface area contributed by atoms with Crippen LogP contribution in [0.4, 0.5) is 11.4 Å². The first-order chi connectivity index (χ1) is 10.1. The SMILES string of the molecule is CC(=O)Nc1ccc(CNc2cc(Cl)ccc2C#N)cc1. The molecule has 0 saturated heterocycles. The molecule has 21 heavy (non-hydrogen) atoms. The molecular formula is C16H14ClN3O. The molecule has 0 bridgehead atoms. The standard InChI is InChI=1S/C16H14ClN3O/c1-11(21)20-15-6-2-12(3-7-15)10-19-16-8-14(17)5-4-13(16)9-18/h2-8,19H,10H2,1H3,(H,20,21). The average molecular weight is 300 g/mol. The van der Waals surface area contributed by atoms with Gasteiger partial charge in [-0.15, -0.1) is 0 Å². The van der Waals surface area contributed by atoms with Crippen LogP contribution >= 0.6 is 11.6 Å². The second kappa shape index (κ2) is 6.78. The largest absolute Gasteiger partial charge is 0.380 e. The zero-order valence-electron chi connectivity index (χ0n) is 11.5. The van der Waals surface area contributed by atoms with Crippen LogP contribution in [-0.2, 0) is 11.3 Å². The van der Waals surface area contributed by atoms with Crippen LogP contribution < -0.4 is 10.6 Å². The van der Waals surface area contributed by atoms with E-state index in [4.69, 9.17) is 16.9 Å². The highest BCUT2D eigenvalue weighted by molar-refractivity contribution is 6.30. The zero-order valence-corrected chi connectivity index (χ0v) is 12.2. The second-order valence-corrected chi connectivity index (χ2v) is 4.97. The van der Waals surface area contributed by atoms with Gasteiger partial charge in [-0.2, -0.15) is 5.26 Å². The number of nitrogens with one attached hydrogen (secondary N) is 2. The molecule has 0 aliphatic heterocycles. The molecule has 0 heterocycles. The zero-order chi connectivity index (χ0) is 15.2. The molecule has 2 aromatic carbocycles. The lowest BCUT2D eigenvalue weighted by molar-refractivity contribution is -0.114. The molecule has 5 heteroatoms. The number of carbonyl (C=O) groups is 1. The fraction of sp³-hybridized carbons (Fsp3) is 0.125. The van der Waals surface area contributed by atoms with E-state index in [2.05, 4.69) is 16.7 Å². The number of carbonyl (C=O) groups excluding carboxylic acids is 1. The van der Waals surface area contributed by atoms with E-state index in [0.717, 1.165) is 11.3 Å². The quantitative estimate of drug-likeness (QED) is 0.903. The second-order valence-electron chi connectivity index (χ2n) is 4.53. The minimum atomic E-state index is -0.0986. The Kier molecular flexibility index (Phi) is 4.81. The summed E-state index contributed by atoms with van der Waals surface area (Å²) in [5, 5.41) is 15.5. The number of anilines is 2. The van der Waals surface area contributed by atoms with Crippen molar-refractivity contribution < 1.29 is 4.79 Å². The minimum Gasteiger partial charge on any atom is -0.380 e. The summed E-state index contributed by atoms with van der Waals surface area (Å²) in [6.07, 6.45) is 0. The maximum atomic E-state index is 10.9. The van der Waals surface area contributed by atoms with Gasteiger partial charge in [0.15, 0.2) is 0 Å². The van der Waals surface area contributed by atoms with Gasteiger partial charge in [-0.1, -0.05) is 23.7 Å². The lowest BCUT2D eigenvalue weighted by Crippen LogP contribution is -2.06. The highest BCUT2D eigenvalue weighted by Crippen LogP contribution is 2.21. The van der Waals surface area contributed by atoms with E-state index in [-0.39, 0.29) is 5.91 Å². The van der Waals surface area contributed by atoms with Gasteiger partial charge >= 0.3 is 0 Å². The van der Waals surface area contributed by atoms with Gasteiger partial charge < -0.3 is 10.6 Å². The normalized spacial score (nSPS) is 9.76. The summed E-state index contributed by atoms with van der Waals surface area (Å²) in [7, 11) is 0. The van der Waals surface area contributed by atoms with Crippen LogP contribution in [0, 0.1) is 11.3 Å². The third kappa shape index (κ3) is 4.23. The van der Waals surface area contributed by atoms with E-state index in [9.17, 15) is 4.79 Å². The monoisotopic (exact) mass is 299 g/mol. The number of amides is 1. The maximum absolute atomic E-state index is 10.9. The molecule has 4 nitrogen and oxygen atoms in total. The van der Waals surface area contributed by atoms with Crippen LogP contribution in [0.3, 0.4) is 0 Å². The molecule has 0 aliphatic rings. The molecule has 2 aromatic rings. The average Bonchev–Trinajstić information content (AvgIpc) is 2.46. The first kappa shape index (κ1) is 14.9. The fourth-order valence-electron chi connectivity index (χ4n) is 1.87. The van der Waals surface area contributed by atoms with Crippen molar-refractivity contribution in [1.82, 2.24) is 0 Å². The van der Waals surface area contributed by atoms with Gasteiger partial charge in [0, 0.05) is 24.2 Å². The summed E-state index contributed by atoms with van der Waals surface area (Å²) in [5.41, 5.74) is 3.05. The predicted molar refractivity (Wildman–Crippen MR) is 84.2 cm³/mol. The van der Waals surface area contributed by atoms with Gasteiger partial charge in [0.1, 0.15) is 6.07 Å². The summed E-state index contributed by atoms with van der Waals surface area (Å²) in [4.78, 5) is 10.9. The Morgan fingerprint density at radius 3 is 2.57 bits per heavy atom. The van der Waals surface area contributed by atoms with Crippen molar-refractivity contribution in [3.05, 3.63) is 58.6 Å². The molecule has 0 spiro atoms. The van der Waals surface area contributed by atoms with Crippen molar-refractivity contribution >= 4 is 28.9 Å². The Bertz CT molecular complexity index is 690. The van der Waals surface area contributed by atoms with Crippen molar-refractivity contribution in [2.75, 3.05) is 10.6 Å². The smallest absolute Gasteiger partial charge is 0.221 e. The van der Waals surface area contributed by atoms with Gasteiger partial charge in [-0.05, 0) is 35.9 Å². The Morgan fingerprint density at radius 1 is 1.24 bits per heavy atom. The van der Waals surface area contributed by atoms with Crippen molar-refractivity contribution in [2.24, 2.45) is 0 Å². The lowest BCUT2D eigenvalue weighted by atomic mass is 10.1. The Morgan fingerprint density at radius 2 is 1.95 bits per heavy atom. The Hall–Kier alpha value is -2.51. The van der Waals surface area contributed by atoms with Crippen LogP contribution in [-0.4, -0.2) is 5.91 Å². The molecule has 0 fully saturated rings. The van der Waals surface area contributed by atoms with Crippen LogP contribution in [0.25, 0.3) is 0 Å². The fourth-order valence-corrected chi connectivity index (χ4v) is 2.04. The van der Waals surface area contributed by atoms with Gasteiger partial charge in [-0.25, -0.2) is 0 Å². The van der Waals surface area contributed by atoms with Gasteiger partial charge in [0.25, 0.3) is 0 Å². The number of nitrogens with zero attached hydrogens (tertiary/aromatic N) is 1.